The zero-order valence-electron chi connectivity index (χ0n) is 18.3. The number of aryl methyl sites for hydroxylation is 2. The molecular weight excluding hydrogens is 412 g/mol. The molecule has 9 heteroatoms. The third-order valence-electron chi connectivity index (χ3n) is 6.01. The summed E-state index contributed by atoms with van der Waals surface area (Å²) in [6, 6.07) is 6.27. The zero-order valence-corrected chi connectivity index (χ0v) is 19.1. The molecule has 1 aromatic heterocycles. The smallest absolute Gasteiger partial charge is 0.236 e. The van der Waals surface area contributed by atoms with Crippen molar-refractivity contribution in [1.82, 2.24) is 29.5 Å². The van der Waals surface area contributed by atoms with Gasteiger partial charge in [-0.05, 0) is 43.9 Å². The number of thioether (sulfide) groups is 1. The van der Waals surface area contributed by atoms with Crippen molar-refractivity contribution in [1.29, 1.82) is 0 Å². The number of benzene rings is 1. The fourth-order valence-electron chi connectivity index (χ4n) is 4.10. The Bertz CT molecular complexity index is 932. The highest BCUT2D eigenvalue weighted by molar-refractivity contribution is 7.99. The van der Waals surface area contributed by atoms with Crippen molar-refractivity contribution in [3.05, 3.63) is 35.7 Å². The van der Waals surface area contributed by atoms with Crippen LogP contribution in [0, 0.1) is 13.8 Å². The van der Waals surface area contributed by atoms with Gasteiger partial charge in [0.05, 0.1) is 18.0 Å². The van der Waals surface area contributed by atoms with Crippen molar-refractivity contribution < 1.29 is 9.59 Å². The number of carbonyl (C=O) groups is 2. The number of likely N-dealkylation sites (tertiary alicyclic amines) is 1. The molecule has 3 heterocycles. The van der Waals surface area contributed by atoms with Crippen LogP contribution < -0.4 is 0 Å². The first-order valence-electron chi connectivity index (χ1n) is 10.9. The third kappa shape index (κ3) is 5.27. The first-order valence-corrected chi connectivity index (χ1v) is 11.9. The van der Waals surface area contributed by atoms with Gasteiger partial charge in [0.2, 0.25) is 11.8 Å². The molecule has 0 spiro atoms. The molecule has 2 aromatic rings. The van der Waals surface area contributed by atoms with E-state index < -0.39 is 0 Å². The average molecular weight is 443 g/mol. The van der Waals surface area contributed by atoms with Gasteiger partial charge < -0.3 is 9.80 Å². The molecule has 31 heavy (non-hydrogen) atoms. The van der Waals surface area contributed by atoms with Crippen molar-refractivity contribution in [2.24, 2.45) is 0 Å². The highest BCUT2D eigenvalue weighted by Crippen LogP contribution is 2.23. The molecule has 2 amide bonds. The maximum Gasteiger partial charge on any atom is 0.236 e. The summed E-state index contributed by atoms with van der Waals surface area (Å²) in [4.78, 5) is 31.1. The summed E-state index contributed by atoms with van der Waals surface area (Å²) >= 11 is 1.42. The number of nitrogens with zero attached hydrogens (tertiary/aromatic N) is 6. The Balaban J connectivity index is 1.27. The Kier molecular flexibility index (Phi) is 6.92. The van der Waals surface area contributed by atoms with Crippen molar-refractivity contribution in [2.45, 2.75) is 31.8 Å². The molecule has 1 aromatic carbocycles. The lowest BCUT2D eigenvalue weighted by atomic mass is 10.1. The number of amides is 2. The Morgan fingerprint density at radius 1 is 0.968 bits per heavy atom. The number of aromatic nitrogens is 3. The van der Waals surface area contributed by atoms with Crippen LogP contribution in [0.3, 0.4) is 0 Å². The van der Waals surface area contributed by atoms with Crippen molar-refractivity contribution in [3.8, 4) is 5.69 Å². The number of piperazine rings is 1. The minimum atomic E-state index is 0.103. The minimum absolute atomic E-state index is 0.103. The van der Waals surface area contributed by atoms with Gasteiger partial charge in [-0.3, -0.25) is 19.1 Å². The number of carbonyl (C=O) groups excluding carboxylic acids is 2. The van der Waals surface area contributed by atoms with Gasteiger partial charge in [-0.15, -0.1) is 10.2 Å². The van der Waals surface area contributed by atoms with Gasteiger partial charge in [0.25, 0.3) is 0 Å². The van der Waals surface area contributed by atoms with Gasteiger partial charge in [-0.25, -0.2) is 0 Å². The Hall–Kier alpha value is -2.39. The lowest BCUT2D eigenvalue weighted by Crippen LogP contribution is -2.51. The summed E-state index contributed by atoms with van der Waals surface area (Å²) in [5, 5.41) is 8.99. The van der Waals surface area contributed by atoms with E-state index in [-0.39, 0.29) is 11.8 Å². The van der Waals surface area contributed by atoms with Crippen LogP contribution in [-0.2, 0) is 9.59 Å². The second kappa shape index (κ2) is 9.82. The maximum atomic E-state index is 12.8. The summed E-state index contributed by atoms with van der Waals surface area (Å²) in [7, 11) is 0. The largest absolute Gasteiger partial charge is 0.342 e. The first kappa shape index (κ1) is 21.8. The predicted octanol–water partition coefficient (Wildman–Crippen LogP) is 1.74. The standard InChI is InChI=1S/C22H30N6O2S/c1-17-5-6-18(2)19(13-17)28-16-23-24-22(28)31-15-21(30)27-11-9-25(10-12-27)14-20(29)26-7-3-4-8-26/h5-6,13,16H,3-4,7-12,14-15H2,1-2H3. The molecule has 8 nitrogen and oxygen atoms in total. The quantitative estimate of drug-likeness (QED) is 0.635. The van der Waals surface area contributed by atoms with Crippen LogP contribution >= 0.6 is 11.8 Å². The number of rotatable bonds is 6. The maximum absolute atomic E-state index is 12.8. The molecule has 0 bridgehead atoms. The molecule has 4 rings (SSSR count). The molecule has 0 saturated carbocycles. The average Bonchev–Trinajstić information content (AvgIpc) is 3.46. The third-order valence-corrected chi connectivity index (χ3v) is 6.94. The van der Waals surface area contributed by atoms with Crippen LogP contribution in [0.25, 0.3) is 5.69 Å². The topological polar surface area (TPSA) is 74.6 Å². The van der Waals surface area contributed by atoms with E-state index in [2.05, 4.69) is 47.1 Å². The van der Waals surface area contributed by atoms with Crippen LogP contribution in [-0.4, -0.2) is 92.8 Å². The normalized spacial score (nSPS) is 17.4. The number of hydrogen-bond donors (Lipinski definition) is 0. The van der Waals surface area contributed by atoms with Gasteiger partial charge in [0.15, 0.2) is 5.16 Å². The van der Waals surface area contributed by atoms with E-state index in [0.29, 0.717) is 25.4 Å². The summed E-state index contributed by atoms with van der Waals surface area (Å²) in [5.41, 5.74) is 3.34. The van der Waals surface area contributed by atoms with Crippen molar-refractivity contribution in [2.75, 3.05) is 51.6 Å². The molecule has 0 atom stereocenters. The van der Waals surface area contributed by atoms with Crippen LogP contribution in [0.4, 0.5) is 0 Å². The fraction of sp³-hybridized carbons (Fsp3) is 0.545. The van der Waals surface area contributed by atoms with E-state index in [9.17, 15) is 9.59 Å². The predicted molar refractivity (Wildman–Crippen MR) is 120 cm³/mol. The lowest BCUT2D eigenvalue weighted by Gasteiger charge is -2.35. The molecule has 166 valence electrons. The summed E-state index contributed by atoms with van der Waals surface area (Å²) in [5.74, 6) is 0.653. The van der Waals surface area contributed by atoms with Crippen molar-refractivity contribution >= 4 is 23.6 Å². The zero-order chi connectivity index (χ0) is 21.8. The van der Waals surface area contributed by atoms with Crippen LogP contribution in [0.2, 0.25) is 0 Å². The van der Waals surface area contributed by atoms with Crippen LogP contribution in [0.5, 0.6) is 0 Å². The summed E-state index contributed by atoms with van der Waals surface area (Å²) in [6.45, 7) is 9.18. The van der Waals surface area contributed by atoms with Gasteiger partial charge >= 0.3 is 0 Å². The summed E-state index contributed by atoms with van der Waals surface area (Å²) < 4.78 is 1.95. The van der Waals surface area contributed by atoms with Gasteiger partial charge in [-0.1, -0.05) is 23.9 Å². The summed E-state index contributed by atoms with van der Waals surface area (Å²) in [6.07, 6.45) is 3.93. The molecule has 2 fully saturated rings. The van der Waals surface area contributed by atoms with Gasteiger partial charge in [0.1, 0.15) is 6.33 Å². The van der Waals surface area contributed by atoms with E-state index >= 15 is 0 Å². The van der Waals surface area contributed by atoms with Gasteiger partial charge in [-0.2, -0.15) is 0 Å². The molecule has 0 aliphatic carbocycles. The Morgan fingerprint density at radius 2 is 1.68 bits per heavy atom. The highest BCUT2D eigenvalue weighted by Gasteiger charge is 2.25. The van der Waals surface area contributed by atoms with Crippen molar-refractivity contribution in [3.63, 3.8) is 0 Å². The number of hydrogen-bond acceptors (Lipinski definition) is 6. The Labute approximate surface area is 187 Å². The fourth-order valence-corrected chi connectivity index (χ4v) is 4.92. The molecule has 0 radical (unpaired) electrons. The molecule has 0 unspecified atom stereocenters. The Morgan fingerprint density at radius 3 is 2.42 bits per heavy atom. The van der Waals surface area contributed by atoms with Crippen LogP contribution in [0.1, 0.15) is 24.0 Å². The van der Waals surface area contributed by atoms with E-state index in [0.717, 1.165) is 55.4 Å². The molecule has 0 N–H and O–H groups in total. The van der Waals surface area contributed by atoms with Crippen LogP contribution in [0.15, 0.2) is 29.7 Å². The molecular formula is C22H30N6O2S. The SMILES string of the molecule is Cc1ccc(C)c(-n2cnnc2SCC(=O)N2CCN(CC(=O)N3CCCC3)CC2)c1. The first-order chi connectivity index (χ1) is 15.0. The minimum Gasteiger partial charge on any atom is -0.342 e. The second-order valence-corrected chi connectivity index (χ2v) is 9.25. The lowest BCUT2D eigenvalue weighted by molar-refractivity contribution is -0.133. The van der Waals surface area contributed by atoms with E-state index in [4.69, 9.17) is 0 Å². The second-order valence-electron chi connectivity index (χ2n) is 8.31. The molecule has 2 aliphatic heterocycles. The van der Waals surface area contributed by atoms with E-state index in [1.54, 1.807) is 6.33 Å². The molecule has 2 saturated heterocycles. The van der Waals surface area contributed by atoms with E-state index in [1.165, 1.54) is 17.3 Å². The van der Waals surface area contributed by atoms with Gasteiger partial charge in [0, 0.05) is 39.3 Å². The highest BCUT2D eigenvalue weighted by atomic mass is 32.2. The monoisotopic (exact) mass is 442 g/mol. The molecule has 2 aliphatic rings. The van der Waals surface area contributed by atoms with E-state index in [1.807, 2.05) is 14.4 Å².